The van der Waals surface area contributed by atoms with E-state index in [9.17, 15) is 24.5 Å². The highest BCUT2D eigenvalue weighted by Gasteiger charge is 2.22. The minimum atomic E-state index is -1.31. The molecule has 0 spiro atoms. The molecule has 13 nitrogen and oxygen atoms in total. The Hall–Kier alpha value is -4.29. The van der Waals surface area contributed by atoms with Crippen LogP contribution in [-0.2, 0) is 9.53 Å². The number of hydrogen-bond acceptors (Lipinski definition) is 10. The first kappa shape index (κ1) is 24.0. The molecular weight excluding hydrogens is 428 g/mol. The van der Waals surface area contributed by atoms with E-state index in [4.69, 9.17) is 14.6 Å². The number of nitrogens with one attached hydrogen (secondary N) is 1. The molecule has 2 heterocycles. The summed E-state index contributed by atoms with van der Waals surface area (Å²) in [5.41, 5.74) is -0.857. The van der Waals surface area contributed by atoms with E-state index in [0.29, 0.717) is 0 Å². The second-order valence-corrected chi connectivity index (χ2v) is 6.66. The van der Waals surface area contributed by atoms with Crippen molar-refractivity contribution < 1.29 is 38.6 Å². The Morgan fingerprint density at radius 3 is 2.34 bits per heavy atom. The van der Waals surface area contributed by atoms with E-state index in [0.717, 1.165) is 19.2 Å². The standard InChI is InChI=1S/C19H20N4O9/c1-10(2)8-31-18-14(23(28)29)7-6-11(21-18)16(26)20-12-4-5-13(19(27)30-3)22-17(12)32-9-15(24)25/h4-7,10H,8-9H2,1-3H3,(H,20,26)(H,24,25). The number of ether oxygens (including phenoxy) is 3. The number of amides is 1. The molecule has 2 N–H and O–H groups in total. The molecule has 0 aliphatic rings. The molecule has 2 rings (SSSR count). The lowest BCUT2D eigenvalue weighted by molar-refractivity contribution is -0.386. The van der Waals surface area contributed by atoms with Crippen molar-refractivity contribution in [3.05, 3.63) is 45.8 Å². The number of nitro groups is 1. The van der Waals surface area contributed by atoms with Crippen molar-refractivity contribution in [1.29, 1.82) is 0 Å². The molecule has 0 radical (unpaired) electrons. The van der Waals surface area contributed by atoms with E-state index in [1.807, 2.05) is 13.8 Å². The number of aromatic nitrogens is 2. The van der Waals surface area contributed by atoms with Crippen molar-refractivity contribution in [3.63, 3.8) is 0 Å². The van der Waals surface area contributed by atoms with Crippen molar-refractivity contribution in [1.82, 2.24) is 9.97 Å². The molecule has 0 saturated carbocycles. The summed E-state index contributed by atoms with van der Waals surface area (Å²) >= 11 is 0. The number of carbonyl (C=O) groups excluding carboxylic acids is 2. The number of esters is 1. The monoisotopic (exact) mass is 448 g/mol. The summed E-state index contributed by atoms with van der Waals surface area (Å²) in [5.74, 6) is -3.52. The summed E-state index contributed by atoms with van der Waals surface area (Å²) in [4.78, 5) is 53.4. The van der Waals surface area contributed by atoms with Crippen LogP contribution >= 0.6 is 0 Å². The Labute approximate surface area is 181 Å². The molecule has 0 aliphatic heterocycles. The Balaban J connectivity index is 2.34. The predicted molar refractivity (Wildman–Crippen MR) is 108 cm³/mol. The van der Waals surface area contributed by atoms with Crippen LogP contribution in [0.4, 0.5) is 11.4 Å². The van der Waals surface area contributed by atoms with Crippen LogP contribution in [0.25, 0.3) is 0 Å². The first-order valence-electron chi connectivity index (χ1n) is 9.16. The fourth-order valence-electron chi connectivity index (χ4n) is 2.23. The number of carbonyl (C=O) groups is 3. The van der Waals surface area contributed by atoms with Crippen molar-refractivity contribution in [3.8, 4) is 11.8 Å². The van der Waals surface area contributed by atoms with Gasteiger partial charge in [0.1, 0.15) is 11.4 Å². The molecule has 170 valence electrons. The fourth-order valence-corrected chi connectivity index (χ4v) is 2.23. The minimum absolute atomic E-state index is 0.0576. The number of methoxy groups -OCH3 is 1. The lowest BCUT2D eigenvalue weighted by Gasteiger charge is -2.12. The second kappa shape index (κ2) is 10.7. The summed E-state index contributed by atoms with van der Waals surface area (Å²) in [5, 5.41) is 22.4. The van der Waals surface area contributed by atoms with Gasteiger partial charge in [0.15, 0.2) is 12.3 Å². The third kappa shape index (κ3) is 6.35. The van der Waals surface area contributed by atoms with Crippen LogP contribution in [0.15, 0.2) is 24.3 Å². The van der Waals surface area contributed by atoms with Crippen molar-refractivity contribution in [2.75, 3.05) is 25.6 Å². The van der Waals surface area contributed by atoms with E-state index < -0.39 is 35.1 Å². The SMILES string of the molecule is COC(=O)c1ccc(NC(=O)c2ccc([N+](=O)[O-])c(OCC(C)C)n2)c(OCC(=O)O)n1. The molecular formula is C19H20N4O9. The lowest BCUT2D eigenvalue weighted by atomic mass is 10.2. The van der Waals surface area contributed by atoms with E-state index in [1.54, 1.807) is 0 Å². The van der Waals surface area contributed by atoms with Gasteiger partial charge in [0.2, 0.25) is 5.88 Å². The van der Waals surface area contributed by atoms with Gasteiger partial charge in [-0.25, -0.2) is 19.6 Å². The quantitative estimate of drug-likeness (QED) is 0.308. The number of anilines is 1. The molecule has 0 atom stereocenters. The number of carboxylic acids is 1. The van der Waals surface area contributed by atoms with E-state index >= 15 is 0 Å². The van der Waals surface area contributed by atoms with Crippen molar-refractivity contribution in [2.45, 2.75) is 13.8 Å². The number of aliphatic carboxylic acids is 1. The van der Waals surface area contributed by atoms with Crippen LogP contribution in [0.1, 0.15) is 34.8 Å². The molecule has 0 saturated heterocycles. The van der Waals surface area contributed by atoms with Crippen LogP contribution in [0, 0.1) is 16.0 Å². The smallest absolute Gasteiger partial charge is 0.356 e. The molecule has 0 unspecified atom stereocenters. The van der Waals surface area contributed by atoms with Gasteiger partial charge in [-0.1, -0.05) is 13.8 Å². The number of carboxylic acid groups (broad SMARTS) is 1. The molecule has 0 aromatic carbocycles. The lowest BCUT2D eigenvalue weighted by Crippen LogP contribution is -2.18. The predicted octanol–water partition coefficient (Wildman–Crippen LogP) is 1.92. The zero-order chi connectivity index (χ0) is 23.8. The van der Waals surface area contributed by atoms with Gasteiger partial charge >= 0.3 is 17.6 Å². The maximum absolute atomic E-state index is 12.7. The molecule has 2 aromatic rings. The minimum Gasteiger partial charge on any atom is -0.479 e. The highest BCUT2D eigenvalue weighted by Crippen LogP contribution is 2.27. The van der Waals surface area contributed by atoms with Crippen molar-refractivity contribution in [2.24, 2.45) is 5.92 Å². The van der Waals surface area contributed by atoms with Crippen LogP contribution in [-0.4, -0.2) is 58.2 Å². The highest BCUT2D eigenvalue weighted by molar-refractivity contribution is 6.04. The van der Waals surface area contributed by atoms with Crippen LogP contribution in [0.3, 0.4) is 0 Å². The highest BCUT2D eigenvalue weighted by atomic mass is 16.6. The Kier molecular flexibility index (Phi) is 7.98. The molecule has 0 fully saturated rings. The normalized spacial score (nSPS) is 10.4. The number of rotatable bonds is 10. The summed E-state index contributed by atoms with van der Waals surface area (Å²) in [7, 11) is 1.14. The van der Waals surface area contributed by atoms with E-state index in [1.165, 1.54) is 12.1 Å². The van der Waals surface area contributed by atoms with Gasteiger partial charge in [0, 0.05) is 6.07 Å². The Morgan fingerprint density at radius 2 is 1.75 bits per heavy atom. The maximum atomic E-state index is 12.7. The van der Waals surface area contributed by atoms with Gasteiger partial charge in [0.05, 0.1) is 18.6 Å². The molecule has 0 bridgehead atoms. The zero-order valence-corrected chi connectivity index (χ0v) is 17.4. The van der Waals surface area contributed by atoms with Gasteiger partial charge in [-0.05, 0) is 24.1 Å². The summed E-state index contributed by atoms with van der Waals surface area (Å²) in [6.07, 6.45) is 0. The summed E-state index contributed by atoms with van der Waals surface area (Å²) < 4.78 is 15.0. The number of hydrogen-bond donors (Lipinski definition) is 2. The summed E-state index contributed by atoms with van der Waals surface area (Å²) in [6.45, 7) is 3.03. The average molecular weight is 448 g/mol. The topological polar surface area (TPSA) is 180 Å². The third-order valence-electron chi connectivity index (χ3n) is 3.66. The Bertz CT molecular complexity index is 1040. The van der Waals surface area contributed by atoms with Crippen LogP contribution < -0.4 is 14.8 Å². The average Bonchev–Trinajstić information content (AvgIpc) is 2.75. The number of pyridine rings is 2. The maximum Gasteiger partial charge on any atom is 0.356 e. The second-order valence-electron chi connectivity index (χ2n) is 6.66. The third-order valence-corrected chi connectivity index (χ3v) is 3.66. The molecule has 13 heteroatoms. The van der Waals surface area contributed by atoms with Gasteiger partial charge in [-0.2, -0.15) is 0 Å². The van der Waals surface area contributed by atoms with Crippen LogP contribution in [0.5, 0.6) is 11.8 Å². The van der Waals surface area contributed by atoms with E-state index in [2.05, 4.69) is 20.0 Å². The fraction of sp³-hybridized carbons (Fsp3) is 0.316. The van der Waals surface area contributed by atoms with Crippen LogP contribution in [0.2, 0.25) is 0 Å². The Morgan fingerprint density at radius 1 is 1.09 bits per heavy atom. The van der Waals surface area contributed by atoms with Crippen molar-refractivity contribution >= 4 is 29.2 Å². The largest absolute Gasteiger partial charge is 0.479 e. The molecule has 1 amide bonds. The van der Waals surface area contributed by atoms with Gasteiger partial charge in [-0.3, -0.25) is 14.9 Å². The summed E-state index contributed by atoms with van der Waals surface area (Å²) in [6, 6.07) is 4.70. The van der Waals surface area contributed by atoms with E-state index in [-0.39, 0.29) is 41.4 Å². The first-order valence-corrected chi connectivity index (χ1v) is 9.16. The zero-order valence-electron chi connectivity index (χ0n) is 17.4. The molecule has 0 aliphatic carbocycles. The van der Waals surface area contributed by atoms with Gasteiger partial charge in [0.25, 0.3) is 11.8 Å². The molecule has 2 aromatic heterocycles. The van der Waals surface area contributed by atoms with Gasteiger partial charge < -0.3 is 24.6 Å². The van der Waals surface area contributed by atoms with Gasteiger partial charge in [-0.15, -0.1) is 0 Å². The molecule has 32 heavy (non-hydrogen) atoms. The first-order chi connectivity index (χ1) is 15.1. The number of nitrogens with zero attached hydrogens (tertiary/aromatic N) is 3.